The number of aromatic hydroxyl groups is 2. The van der Waals surface area contributed by atoms with Crippen molar-refractivity contribution in [1.29, 1.82) is 0 Å². The first-order valence-corrected chi connectivity index (χ1v) is 4.86. The number of hydrogen-bond acceptors (Lipinski definition) is 5. The zero-order chi connectivity index (χ0) is 12.1. The lowest BCUT2D eigenvalue weighted by Crippen LogP contribution is -2.34. The predicted molar refractivity (Wildman–Crippen MR) is 58.1 cm³/mol. The highest BCUT2D eigenvalue weighted by Gasteiger charge is 2.11. The number of hydrogen-bond donors (Lipinski definition) is 3. The maximum Gasteiger partial charge on any atom is 0.322 e. The Morgan fingerprint density at radius 2 is 2.12 bits per heavy atom. The molecule has 0 amide bonds. The highest BCUT2D eigenvalue weighted by molar-refractivity contribution is 5.75. The minimum atomic E-state index is -0.416. The summed E-state index contributed by atoms with van der Waals surface area (Å²) in [6.45, 7) is 2.09. The molecule has 0 radical (unpaired) electrons. The molecule has 0 heterocycles. The summed E-state index contributed by atoms with van der Waals surface area (Å²) >= 11 is 0. The van der Waals surface area contributed by atoms with Gasteiger partial charge in [0.15, 0.2) is 11.5 Å². The van der Waals surface area contributed by atoms with E-state index in [9.17, 15) is 9.90 Å². The molecule has 0 aliphatic heterocycles. The van der Waals surface area contributed by atoms with Crippen LogP contribution in [0.3, 0.4) is 0 Å². The van der Waals surface area contributed by atoms with Crippen molar-refractivity contribution in [2.75, 3.05) is 7.11 Å². The molecule has 1 atom stereocenters. The van der Waals surface area contributed by atoms with Crippen LogP contribution in [-0.2, 0) is 16.1 Å². The summed E-state index contributed by atoms with van der Waals surface area (Å²) in [6.07, 6.45) is 0. The van der Waals surface area contributed by atoms with Crippen molar-refractivity contribution in [3.8, 4) is 11.5 Å². The number of methoxy groups -OCH3 is 1. The first kappa shape index (κ1) is 12.3. The van der Waals surface area contributed by atoms with E-state index in [0.717, 1.165) is 5.56 Å². The first-order valence-electron chi connectivity index (χ1n) is 4.86. The van der Waals surface area contributed by atoms with E-state index in [-0.39, 0.29) is 17.5 Å². The minimum absolute atomic E-state index is 0.162. The zero-order valence-corrected chi connectivity index (χ0v) is 9.23. The lowest BCUT2D eigenvalue weighted by Gasteiger charge is -2.11. The van der Waals surface area contributed by atoms with Gasteiger partial charge in [-0.15, -0.1) is 0 Å². The number of carbonyl (C=O) groups is 1. The van der Waals surface area contributed by atoms with E-state index in [1.54, 1.807) is 13.0 Å². The Bertz CT molecular complexity index is 378. The lowest BCUT2D eigenvalue weighted by atomic mass is 10.2. The quantitative estimate of drug-likeness (QED) is 0.520. The molecule has 0 aliphatic carbocycles. The van der Waals surface area contributed by atoms with Crippen molar-refractivity contribution < 1.29 is 19.7 Å². The molecule has 5 heteroatoms. The van der Waals surface area contributed by atoms with Gasteiger partial charge in [0, 0.05) is 6.54 Å². The molecule has 5 nitrogen and oxygen atoms in total. The fraction of sp³-hybridized carbons (Fsp3) is 0.364. The van der Waals surface area contributed by atoms with Crippen molar-refractivity contribution >= 4 is 5.97 Å². The van der Waals surface area contributed by atoms with E-state index in [1.165, 1.54) is 19.2 Å². The van der Waals surface area contributed by atoms with Crippen LogP contribution in [0.25, 0.3) is 0 Å². The van der Waals surface area contributed by atoms with Gasteiger partial charge in [0.2, 0.25) is 0 Å². The van der Waals surface area contributed by atoms with Crippen LogP contribution in [-0.4, -0.2) is 29.3 Å². The number of rotatable bonds is 4. The third-order valence-electron chi connectivity index (χ3n) is 2.21. The Morgan fingerprint density at radius 1 is 1.44 bits per heavy atom. The third kappa shape index (κ3) is 3.13. The van der Waals surface area contributed by atoms with Crippen LogP contribution < -0.4 is 5.32 Å². The molecule has 1 aromatic rings. The summed E-state index contributed by atoms with van der Waals surface area (Å²) in [4.78, 5) is 11.1. The van der Waals surface area contributed by atoms with Crippen LogP contribution in [0.15, 0.2) is 18.2 Å². The van der Waals surface area contributed by atoms with Crippen molar-refractivity contribution in [2.45, 2.75) is 19.5 Å². The SMILES string of the molecule is COC(=O)[C@H](C)NCc1ccc(O)c(O)c1. The minimum Gasteiger partial charge on any atom is -0.504 e. The number of carbonyl (C=O) groups excluding carboxylic acids is 1. The summed E-state index contributed by atoms with van der Waals surface area (Å²) in [5, 5.41) is 21.3. The van der Waals surface area contributed by atoms with Gasteiger partial charge in [0.25, 0.3) is 0 Å². The molecule has 88 valence electrons. The Balaban J connectivity index is 2.55. The van der Waals surface area contributed by atoms with Crippen LogP contribution in [0.4, 0.5) is 0 Å². The van der Waals surface area contributed by atoms with Gasteiger partial charge in [0.05, 0.1) is 7.11 Å². The summed E-state index contributed by atoms with van der Waals surface area (Å²) in [7, 11) is 1.33. The summed E-state index contributed by atoms with van der Waals surface area (Å²) in [5.41, 5.74) is 0.769. The van der Waals surface area contributed by atoms with Crippen LogP contribution in [0.2, 0.25) is 0 Å². The van der Waals surface area contributed by atoms with Gasteiger partial charge in [0.1, 0.15) is 6.04 Å². The van der Waals surface area contributed by atoms with Gasteiger partial charge >= 0.3 is 5.97 Å². The molecule has 1 rings (SSSR count). The fourth-order valence-electron chi connectivity index (χ4n) is 1.21. The Labute approximate surface area is 93.7 Å². The molecule has 0 fully saturated rings. The van der Waals surface area contributed by atoms with Gasteiger partial charge in [-0.1, -0.05) is 6.07 Å². The van der Waals surface area contributed by atoms with E-state index in [2.05, 4.69) is 10.1 Å². The average molecular weight is 225 g/mol. The normalized spacial score (nSPS) is 12.1. The van der Waals surface area contributed by atoms with Crippen LogP contribution in [0.1, 0.15) is 12.5 Å². The molecular formula is C11H15NO4. The van der Waals surface area contributed by atoms with Gasteiger partial charge < -0.3 is 20.3 Å². The van der Waals surface area contributed by atoms with Crippen molar-refractivity contribution in [3.63, 3.8) is 0 Å². The zero-order valence-electron chi connectivity index (χ0n) is 9.23. The molecule has 0 saturated heterocycles. The highest BCUT2D eigenvalue weighted by atomic mass is 16.5. The third-order valence-corrected chi connectivity index (χ3v) is 2.21. The Hall–Kier alpha value is -1.75. The fourth-order valence-corrected chi connectivity index (χ4v) is 1.21. The van der Waals surface area contributed by atoms with Gasteiger partial charge in [-0.05, 0) is 24.6 Å². The number of ether oxygens (including phenoxy) is 1. The Morgan fingerprint density at radius 3 is 2.69 bits per heavy atom. The van der Waals surface area contributed by atoms with Crippen molar-refractivity contribution in [2.24, 2.45) is 0 Å². The molecule has 0 aromatic heterocycles. The molecular weight excluding hydrogens is 210 g/mol. The molecule has 0 unspecified atom stereocenters. The topological polar surface area (TPSA) is 78.8 Å². The lowest BCUT2D eigenvalue weighted by molar-refractivity contribution is -0.142. The van der Waals surface area contributed by atoms with E-state index >= 15 is 0 Å². The largest absolute Gasteiger partial charge is 0.504 e. The van der Waals surface area contributed by atoms with Crippen LogP contribution >= 0.6 is 0 Å². The monoisotopic (exact) mass is 225 g/mol. The predicted octanol–water partition coefficient (Wildman–Crippen LogP) is 0.749. The van der Waals surface area contributed by atoms with E-state index < -0.39 is 6.04 Å². The average Bonchev–Trinajstić information content (AvgIpc) is 2.29. The number of nitrogens with one attached hydrogen (secondary N) is 1. The van der Waals surface area contributed by atoms with Gasteiger partial charge in [-0.25, -0.2) is 0 Å². The van der Waals surface area contributed by atoms with Crippen molar-refractivity contribution in [1.82, 2.24) is 5.32 Å². The smallest absolute Gasteiger partial charge is 0.322 e. The van der Waals surface area contributed by atoms with E-state index in [4.69, 9.17) is 5.11 Å². The molecule has 0 bridgehead atoms. The van der Waals surface area contributed by atoms with Crippen LogP contribution in [0, 0.1) is 0 Å². The van der Waals surface area contributed by atoms with E-state index in [0.29, 0.717) is 6.54 Å². The first-order chi connectivity index (χ1) is 7.54. The second kappa shape index (κ2) is 5.37. The van der Waals surface area contributed by atoms with Crippen LogP contribution in [0.5, 0.6) is 11.5 Å². The molecule has 0 aliphatic rings. The number of esters is 1. The maximum absolute atomic E-state index is 11.1. The van der Waals surface area contributed by atoms with Crippen molar-refractivity contribution in [3.05, 3.63) is 23.8 Å². The molecule has 0 spiro atoms. The summed E-state index contributed by atoms with van der Waals surface area (Å²) in [6, 6.07) is 4.08. The van der Waals surface area contributed by atoms with E-state index in [1.807, 2.05) is 0 Å². The second-order valence-electron chi connectivity index (χ2n) is 3.45. The number of phenolic OH excluding ortho intramolecular Hbond substituents is 2. The summed E-state index contributed by atoms with van der Waals surface area (Å²) in [5.74, 6) is -0.683. The summed E-state index contributed by atoms with van der Waals surface area (Å²) < 4.78 is 4.55. The standard InChI is InChI=1S/C11H15NO4/c1-7(11(15)16-2)12-6-8-3-4-9(13)10(14)5-8/h3-5,7,12-14H,6H2,1-2H3/t7-/m0/s1. The Kier molecular flexibility index (Phi) is 4.13. The second-order valence-corrected chi connectivity index (χ2v) is 3.45. The highest BCUT2D eigenvalue weighted by Crippen LogP contribution is 2.24. The number of benzene rings is 1. The molecule has 16 heavy (non-hydrogen) atoms. The maximum atomic E-state index is 11.1. The number of phenols is 2. The molecule has 0 saturated carbocycles. The molecule has 3 N–H and O–H groups in total. The van der Waals surface area contributed by atoms with Gasteiger partial charge in [-0.3, -0.25) is 4.79 Å². The van der Waals surface area contributed by atoms with Gasteiger partial charge in [-0.2, -0.15) is 0 Å². The molecule has 1 aromatic carbocycles.